The second kappa shape index (κ2) is 8.39. The highest BCUT2D eigenvalue weighted by atomic mass is 16.5. The number of carbonyl (C=O) groups is 1. The SMILES string of the molecule is C=C/C=C(\C=C/C)N[C@@H](C)C(=C)C(=O)OCC. The molecule has 0 saturated heterocycles. The van der Waals surface area contributed by atoms with Crippen LogP contribution in [0.15, 0.2) is 48.7 Å². The molecule has 0 aliphatic carbocycles. The number of ether oxygens (including phenoxy) is 1. The van der Waals surface area contributed by atoms with Gasteiger partial charge in [0.15, 0.2) is 0 Å². The lowest BCUT2D eigenvalue weighted by molar-refractivity contribution is -0.138. The third-order valence-corrected chi connectivity index (χ3v) is 2.09. The van der Waals surface area contributed by atoms with Crippen LogP contribution >= 0.6 is 0 Å². The van der Waals surface area contributed by atoms with Crippen LogP contribution in [-0.4, -0.2) is 18.6 Å². The van der Waals surface area contributed by atoms with Crippen molar-refractivity contribution in [1.82, 2.24) is 5.32 Å². The number of rotatable bonds is 7. The quantitative estimate of drug-likeness (QED) is 0.419. The molecule has 0 spiro atoms. The number of hydrogen-bond donors (Lipinski definition) is 1. The summed E-state index contributed by atoms with van der Waals surface area (Å²) < 4.78 is 4.89. The lowest BCUT2D eigenvalue weighted by Crippen LogP contribution is -2.30. The molecule has 94 valence electrons. The Morgan fingerprint density at radius 2 is 2.18 bits per heavy atom. The first kappa shape index (κ1) is 15.2. The first-order chi connectivity index (χ1) is 8.06. The van der Waals surface area contributed by atoms with E-state index in [4.69, 9.17) is 4.74 Å². The molecule has 0 unspecified atom stereocenters. The molecule has 1 N–H and O–H groups in total. The first-order valence-electron chi connectivity index (χ1n) is 5.64. The van der Waals surface area contributed by atoms with Gasteiger partial charge in [0.2, 0.25) is 0 Å². The van der Waals surface area contributed by atoms with E-state index in [0.29, 0.717) is 12.2 Å². The van der Waals surface area contributed by atoms with Crippen molar-refractivity contribution in [1.29, 1.82) is 0 Å². The van der Waals surface area contributed by atoms with Crippen molar-refractivity contribution < 1.29 is 9.53 Å². The summed E-state index contributed by atoms with van der Waals surface area (Å²) in [4.78, 5) is 11.5. The zero-order chi connectivity index (χ0) is 13.3. The molecule has 0 fully saturated rings. The van der Waals surface area contributed by atoms with E-state index in [9.17, 15) is 4.79 Å². The molecular formula is C14H21NO2. The van der Waals surface area contributed by atoms with Crippen molar-refractivity contribution in [3.8, 4) is 0 Å². The number of esters is 1. The van der Waals surface area contributed by atoms with E-state index in [2.05, 4.69) is 18.5 Å². The lowest BCUT2D eigenvalue weighted by Gasteiger charge is -2.17. The highest BCUT2D eigenvalue weighted by molar-refractivity contribution is 5.89. The molecule has 0 aromatic heterocycles. The fourth-order valence-electron chi connectivity index (χ4n) is 1.20. The van der Waals surface area contributed by atoms with Gasteiger partial charge in [0.25, 0.3) is 0 Å². The van der Waals surface area contributed by atoms with E-state index in [1.807, 2.05) is 32.1 Å². The van der Waals surface area contributed by atoms with E-state index < -0.39 is 0 Å². The minimum atomic E-state index is -0.370. The van der Waals surface area contributed by atoms with Gasteiger partial charge < -0.3 is 10.1 Å². The van der Waals surface area contributed by atoms with E-state index in [1.54, 1.807) is 13.0 Å². The second-order valence-corrected chi connectivity index (χ2v) is 3.47. The average Bonchev–Trinajstić information content (AvgIpc) is 2.29. The normalized spacial score (nSPS) is 13.2. The van der Waals surface area contributed by atoms with Crippen LogP contribution in [0.1, 0.15) is 20.8 Å². The summed E-state index contributed by atoms with van der Waals surface area (Å²) >= 11 is 0. The summed E-state index contributed by atoms with van der Waals surface area (Å²) in [5, 5.41) is 3.16. The van der Waals surface area contributed by atoms with Gasteiger partial charge in [0, 0.05) is 5.70 Å². The van der Waals surface area contributed by atoms with E-state index in [-0.39, 0.29) is 12.0 Å². The number of nitrogens with one attached hydrogen (secondary N) is 1. The van der Waals surface area contributed by atoms with Crippen molar-refractivity contribution in [3.63, 3.8) is 0 Å². The van der Waals surface area contributed by atoms with Gasteiger partial charge in [0.05, 0.1) is 18.2 Å². The van der Waals surface area contributed by atoms with Gasteiger partial charge in [0.1, 0.15) is 0 Å². The van der Waals surface area contributed by atoms with Crippen molar-refractivity contribution in [2.75, 3.05) is 6.61 Å². The van der Waals surface area contributed by atoms with E-state index in [1.165, 1.54) is 0 Å². The Labute approximate surface area is 104 Å². The standard InChI is InChI=1S/C14H21NO2/c1-6-9-13(10-7-2)15-12(5)11(4)14(16)17-8-3/h6-7,9-10,12,15H,1,4,8H2,2-3,5H3/b10-7-,13-9+/t12-/m0/s1. The Kier molecular flexibility index (Phi) is 7.52. The molecule has 0 radical (unpaired) electrons. The van der Waals surface area contributed by atoms with Crippen LogP contribution in [0.3, 0.4) is 0 Å². The summed E-state index contributed by atoms with van der Waals surface area (Å²) in [5.74, 6) is -0.370. The van der Waals surface area contributed by atoms with Gasteiger partial charge in [-0.1, -0.05) is 25.3 Å². The monoisotopic (exact) mass is 235 g/mol. The third-order valence-electron chi connectivity index (χ3n) is 2.09. The molecule has 0 aromatic carbocycles. The van der Waals surface area contributed by atoms with Crippen molar-refractivity contribution in [2.24, 2.45) is 0 Å². The van der Waals surface area contributed by atoms with Gasteiger partial charge in [-0.05, 0) is 32.9 Å². The maximum Gasteiger partial charge on any atom is 0.335 e. The molecule has 0 saturated carbocycles. The Bertz CT molecular complexity index is 340. The van der Waals surface area contributed by atoms with Crippen LogP contribution in [0.4, 0.5) is 0 Å². The van der Waals surface area contributed by atoms with Gasteiger partial charge >= 0.3 is 5.97 Å². The Balaban J connectivity index is 4.55. The van der Waals surface area contributed by atoms with Crippen LogP contribution < -0.4 is 5.32 Å². The number of hydrogen-bond acceptors (Lipinski definition) is 3. The number of allylic oxidation sites excluding steroid dienone is 4. The zero-order valence-electron chi connectivity index (χ0n) is 10.8. The molecule has 0 bridgehead atoms. The topological polar surface area (TPSA) is 38.3 Å². The first-order valence-corrected chi connectivity index (χ1v) is 5.64. The predicted molar refractivity (Wildman–Crippen MR) is 71.5 cm³/mol. The summed E-state index contributed by atoms with van der Waals surface area (Å²) in [6, 6.07) is -0.184. The molecule has 0 aromatic rings. The highest BCUT2D eigenvalue weighted by Gasteiger charge is 2.15. The summed E-state index contributed by atoms with van der Waals surface area (Å²) in [5.41, 5.74) is 1.28. The molecule has 17 heavy (non-hydrogen) atoms. The fraction of sp³-hybridized carbons (Fsp3) is 0.357. The zero-order valence-corrected chi connectivity index (χ0v) is 10.8. The van der Waals surface area contributed by atoms with Crippen molar-refractivity contribution >= 4 is 5.97 Å². The minimum absolute atomic E-state index is 0.184. The Morgan fingerprint density at radius 3 is 2.65 bits per heavy atom. The number of carbonyl (C=O) groups excluding carboxylic acids is 1. The second-order valence-electron chi connectivity index (χ2n) is 3.47. The van der Waals surface area contributed by atoms with E-state index in [0.717, 1.165) is 5.70 Å². The molecule has 1 atom stereocenters. The van der Waals surface area contributed by atoms with Crippen LogP contribution in [0.2, 0.25) is 0 Å². The van der Waals surface area contributed by atoms with Crippen LogP contribution in [0.25, 0.3) is 0 Å². The lowest BCUT2D eigenvalue weighted by atomic mass is 10.1. The molecule has 0 aliphatic rings. The fourth-order valence-corrected chi connectivity index (χ4v) is 1.20. The third kappa shape index (κ3) is 5.76. The maximum absolute atomic E-state index is 11.5. The maximum atomic E-state index is 11.5. The highest BCUT2D eigenvalue weighted by Crippen LogP contribution is 2.05. The van der Waals surface area contributed by atoms with Gasteiger partial charge in [-0.15, -0.1) is 0 Å². The molecule has 3 nitrogen and oxygen atoms in total. The average molecular weight is 235 g/mol. The molecule has 3 heteroatoms. The Hall–Kier alpha value is -1.77. The largest absolute Gasteiger partial charge is 0.463 e. The molecule has 0 rings (SSSR count). The van der Waals surface area contributed by atoms with Crippen LogP contribution in [0.5, 0.6) is 0 Å². The van der Waals surface area contributed by atoms with E-state index >= 15 is 0 Å². The predicted octanol–water partition coefficient (Wildman–Crippen LogP) is 2.73. The molecule has 0 aliphatic heterocycles. The molecule has 0 amide bonds. The summed E-state index contributed by atoms with van der Waals surface area (Å²) in [6.07, 6.45) is 7.32. The van der Waals surface area contributed by atoms with Crippen LogP contribution in [-0.2, 0) is 9.53 Å². The summed E-state index contributed by atoms with van der Waals surface area (Å²) in [7, 11) is 0. The molecular weight excluding hydrogens is 214 g/mol. The minimum Gasteiger partial charge on any atom is -0.463 e. The van der Waals surface area contributed by atoms with Crippen molar-refractivity contribution in [2.45, 2.75) is 26.8 Å². The molecule has 0 heterocycles. The van der Waals surface area contributed by atoms with Gasteiger partial charge in [-0.2, -0.15) is 0 Å². The Morgan fingerprint density at radius 1 is 1.53 bits per heavy atom. The van der Waals surface area contributed by atoms with Gasteiger partial charge in [-0.3, -0.25) is 0 Å². The van der Waals surface area contributed by atoms with Gasteiger partial charge in [-0.25, -0.2) is 4.79 Å². The van der Waals surface area contributed by atoms with Crippen molar-refractivity contribution in [3.05, 3.63) is 48.7 Å². The smallest absolute Gasteiger partial charge is 0.335 e. The summed E-state index contributed by atoms with van der Waals surface area (Å²) in [6.45, 7) is 13.3. The van der Waals surface area contributed by atoms with Crippen LogP contribution in [0, 0.1) is 0 Å².